The average molecular weight is 1940 g/mol. The maximum absolute atomic E-state index is 14.2. The summed E-state index contributed by atoms with van der Waals surface area (Å²) in [4.78, 5) is 270. The number of rotatable bonds is 62. The number of nitrogens with one attached hydrogen (secondary N) is 25. The smallest absolute Gasteiger partial charge is 0.326 e. The van der Waals surface area contributed by atoms with Crippen molar-refractivity contribution in [1.29, 1.82) is 16.2 Å². The van der Waals surface area contributed by atoms with E-state index in [1.807, 2.05) is 0 Å². The van der Waals surface area contributed by atoms with Gasteiger partial charge in [-0.15, -0.1) is 0 Å². The molecule has 0 radical (unpaired) electrons. The lowest BCUT2D eigenvalue weighted by Crippen LogP contribution is -2.62. The summed E-state index contributed by atoms with van der Waals surface area (Å²) in [6.45, 7) is 0.823. The number of carbonyl (C=O) groups is 20. The highest BCUT2D eigenvalue weighted by Gasteiger charge is 2.39. The number of para-hydroxylation sites is 1. The Labute approximate surface area is 778 Å². The molecule has 0 spiro atoms. The third-order valence-corrected chi connectivity index (χ3v) is 20.1. The van der Waals surface area contributed by atoms with E-state index < -0.39 is 315 Å². The Hall–Kier alpha value is -13.6. The van der Waals surface area contributed by atoms with E-state index in [0.717, 1.165) is 13.8 Å². The van der Waals surface area contributed by atoms with Gasteiger partial charge in [-0.2, -0.15) is 25.3 Å². The van der Waals surface area contributed by atoms with Crippen LogP contribution in [0, 0.1) is 22.1 Å². The number of carboxylic acid groups (broad SMARTS) is 1. The molecule has 0 aliphatic heterocycles. The minimum atomic E-state index is -1.86. The summed E-state index contributed by atoms with van der Waals surface area (Å²) in [5, 5.41) is 133. The number of thiol groups is 2. The summed E-state index contributed by atoms with van der Waals surface area (Å²) in [6, 6.07) is -19.0. The van der Waals surface area contributed by atoms with Gasteiger partial charge in [0.2, 0.25) is 112 Å². The molecule has 0 fully saturated rings. The number of amides is 19. The van der Waals surface area contributed by atoms with Gasteiger partial charge in [0.05, 0.1) is 58.2 Å². The zero-order chi connectivity index (χ0) is 101. The van der Waals surface area contributed by atoms with E-state index in [1.54, 1.807) is 30.5 Å². The van der Waals surface area contributed by atoms with Crippen LogP contribution < -0.4 is 140 Å². The van der Waals surface area contributed by atoms with Crippen LogP contribution in [0.5, 0.6) is 0 Å². The van der Waals surface area contributed by atoms with Gasteiger partial charge in [-0.3, -0.25) is 107 Å². The fourth-order valence-corrected chi connectivity index (χ4v) is 12.4. The molecule has 1 aromatic carbocycles. The van der Waals surface area contributed by atoms with Crippen LogP contribution in [0.2, 0.25) is 0 Å². The number of guanidine groups is 3. The van der Waals surface area contributed by atoms with Crippen LogP contribution in [0.25, 0.3) is 10.9 Å². The normalized spacial score (nSPS) is 14.8. The minimum absolute atomic E-state index is 0.00811. The van der Waals surface area contributed by atoms with Gasteiger partial charge in [0.1, 0.15) is 90.6 Å². The van der Waals surface area contributed by atoms with E-state index in [0.29, 0.717) is 16.5 Å². The third kappa shape index (κ3) is 42.8. The molecule has 134 heavy (non-hydrogen) atoms. The fourth-order valence-electron chi connectivity index (χ4n) is 11.8. The Kier molecular flexibility index (Phi) is 52.6. The zero-order valence-electron chi connectivity index (χ0n) is 74.3. The van der Waals surface area contributed by atoms with Crippen LogP contribution in [-0.4, -0.2) is 352 Å². The molecule has 748 valence electrons. The van der Waals surface area contributed by atoms with Crippen molar-refractivity contribution in [2.45, 2.75) is 202 Å². The lowest BCUT2D eigenvalue weighted by molar-refractivity contribution is -0.143. The molecule has 56 nitrogen and oxygen atoms in total. The number of aromatic nitrogens is 1. The lowest BCUT2D eigenvalue weighted by atomic mass is 10.0. The first-order valence-corrected chi connectivity index (χ1v) is 43.1. The number of hydrogen-bond donors (Lipinski definition) is 38. The predicted octanol–water partition coefficient (Wildman–Crippen LogP) is -16.3. The Morgan fingerprint density at radius 3 is 1.16 bits per heavy atom. The van der Waals surface area contributed by atoms with Gasteiger partial charge in [-0.1, -0.05) is 32.0 Å². The van der Waals surface area contributed by atoms with Crippen LogP contribution in [0.15, 0.2) is 30.5 Å². The zero-order valence-corrected chi connectivity index (χ0v) is 76.0. The van der Waals surface area contributed by atoms with Crippen molar-refractivity contribution in [1.82, 2.24) is 117 Å². The lowest BCUT2D eigenvalue weighted by Gasteiger charge is -2.28. The SMILES string of the molecule is CC(C)[C@H](NC(=O)[C@H](CO)NC(=O)[C@H](CS)NC(=O)[C@H](C)NC(=O)[C@H](CO)NC(=O)[C@H](Cc1c[nH]c2ccccc12)NC(=O)[C@H](CO)NC(=O)[C@H](C)N)C(=O)N[C@@H](CO)C(=O)N[C@@H](CS)C(=O)NCC(=O)NCC(=O)NCC(=O)N[C@@H](C)C(=O)N[C@@H](CCCNC(=N)N)C(=O)N[C@@H](CCC(N)=O)C(=O)N[C@@H](CCCNC(=N)N)C(=O)N[C@H](C(=O)N[C@@H](CCCNC(=N)N)C(=O)O)[C@@H](C)O. The van der Waals surface area contributed by atoms with Gasteiger partial charge in [-0.25, -0.2) is 4.79 Å². The fraction of sp³-hybridized carbons (Fsp3) is 0.592. The van der Waals surface area contributed by atoms with E-state index in [4.69, 9.17) is 44.9 Å². The largest absolute Gasteiger partial charge is 0.480 e. The number of fused-ring (bicyclic) bond motifs is 1. The number of aliphatic hydroxyl groups is 5. The van der Waals surface area contributed by atoms with E-state index in [1.165, 1.54) is 27.7 Å². The molecular formula is C76H126N30O26S2. The van der Waals surface area contributed by atoms with E-state index >= 15 is 0 Å². The van der Waals surface area contributed by atoms with E-state index in [9.17, 15) is 127 Å². The van der Waals surface area contributed by atoms with Crippen molar-refractivity contribution in [2.75, 3.05) is 77.2 Å². The second kappa shape index (κ2) is 60.5. The molecule has 1 aromatic heterocycles. The number of hydrogen-bond acceptors (Lipinski definition) is 31. The Bertz CT molecular complexity index is 4430. The molecular weight excluding hydrogens is 1810 g/mol. The van der Waals surface area contributed by atoms with E-state index in [-0.39, 0.29) is 64.6 Å². The highest BCUT2D eigenvalue weighted by molar-refractivity contribution is 7.80. The number of benzene rings is 1. The Morgan fingerprint density at radius 2 is 0.709 bits per heavy atom. The van der Waals surface area contributed by atoms with Gasteiger partial charge in [0.15, 0.2) is 17.9 Å². The molecule has 0 aliphatic carbocycles. The molecule has 0 unspecified atom stereocenters. The number of aliphatic hydroxyl groups excluding tert-OH is 5. The van der Waals surface area contributed by atoms with Gasteiger partial charge in [-0.05, 0) is 90.2 Å². The molecule has 2 rings (SSSR count). The summed E-state index contributed by atoms with van der Waals surface area (Å²) in [5.41, 5.74) is 28.2. The van der Waals surface area contributed by atoms with Crippen LogP contribution in [0.4, 0.5) is 0 Å². The summed E-state index contributed by atoms with van der Waals surface area (Å²) in [7, 11) is 0. The number of primary amides is 1. The molecule has 0 saturated heterocycles. The molecule has 19 amide bonds. The first-order chi connectivity index (χ1) is 63.1. The summed E-state index contributed by atoms with van der Waals surface area (Å²) in [5.74, 6) is -24.9. The first kappa shape index (κ1) is 116. The predicted molar refractivity (Wildman–Crippen MR) is 481 cm³/mol. The quantitative estimate of drug-likeness (QED) is 0.0127. The van der Waals surface area contributed by atoms with Gasteiger partial charge in [0, 0.05) is 61.1 Å². The molecule has 1 heterocycles. The minimum Gasteiger partial charge on any atom is -0.480 e. The van der Waals surface area contributed by atoms with Gasteiger partial charge in [0.25, 0.3) is 0 Å². The Balaban J connectivity index is 2.08. The number of aromatic amines is 1. The van der Waals surface area contributed by atoms with Crippen molar-refractivity contribution < 1.29 is 127 Å². The number of aliphatic carboxylic acids is 1. The summed E-state index contributed by atoms with van der Waals surface area (Å²) in [6.07, 6.45) is -2.16. The number of carbonyl (C=O) groups excluding carboxylic acids is 19. The molecule has 0 saturated carbocycles. The van der Waals surface area contributed by atoms with Crippen LogP contribution in [0.1, 0.15) is 98.5 Å². The molecule has 17 atom stereocenters. The molecule has 41 N–H and O–H groups in total. The van der Waals surface area contributed by atoms with Gasteiger partial charge >= 0.3 is 5.97 Å². The number of H-pyrrole nitrogens is 1. The maximum atomic E-state index is 14.2. The average Bonchev–Trinajstić information content (AvgIpc) is 1.67. The second-order valence-electron chi connectivity index (χ2n) is 30.7. The van der Waals surface area contributed by atoms with Crippen molar-refractivity contribution in [3.8, 4) is 0 Å². The van der Waals surface area contributed by atoms with Crippen molar-refractivity contribution in [2.24, 2.45) is 34.6 Å². The molecule has 58 heteroatoms. The molecule has 0 bridgehead atoms. The summed E-state index contributed by atoms with van der Waals surface area (Å²) >= 11 is 8.18. The second-order valence-corrected chi connectivity index (χ2v) is 31.4. The standard InChI is InChI=1S/C76H126N30O26S2/c1-33(2)56(105-69(127)49(30-110)101-70(128)51(32-134)103-60(118)36(5)93-66(124)46(27-107)100-65(123)45(22-38-23-88-40-13-8-7-12-39(38)40)98-67(125)47(28-108)99-58(116)34(3)77)71(129)102-48(29-109)68(126)104-50(31-133)61(119)91-25-54(114)89-24-53(113)90-26-55(115)92-35(4)59(117)94-41(14-9-19-85-74(79)80)62(120)96-43(17-18-52(78)112)63(121)95-42(15-10-20-86-75(81)82)64(122)106-57(37(6)111)72(130)97-44(73(131)132)16-11-21-87-76(83)84/h7-8,12-13,23,33-37,41-51,56-57,88,107-111,133-134H,9-11,14-22,24-32,77H2,1-6H3,(H2,78,112)(H,89,114)(H,90,113)(H,91,119)(H,92,115)(H,93,124)(H,94,117)(H,95,121)(H,96,120)(H,97,130)(H,98,125)(H,99,116)(H,100,123)(H,101,128)(H,102,129)(H,103,118)(H,104,126)(H,105,127)(H,106,122)(H,131,132)(H4,79,80,85)(H4,81,82,86)(H4,83,84,87)/t34-,35-,36-,37+,41-,42-,43-,44-,45-,46-,47-,48-,49-,50-,51-,56-,57-/m0/s1. The maximum Gasteiger partial charge on any atom is 0.326 e. The Morgan fingerprint density at radius 1 is 0.373 bits per heavy atom. The number of carboxylic acids is 1. The van der Waals surface area contributed by atoms with Gasteiger partial charge < -0.3 is 176 Å². The molecule has 0 aliphatic rings. The highest BCUT2D eigenvalue weighted by atomic mass is 32.1. The van der Waals surface area contributed by atoms with Crippen LogP contribution in [0.3, 0.4) is 0 Å². The van der Waals surface area contributed by atoms with Crippen molar-refractivity contribution in [3.05, 3.63) is 36.0 Å². The topological polar surface area (TPSA) is 933 Å². The van der Waals surface area contributed by atoms with Crippen molar-refractivity contribution in [3.63, 3.8) is 0 Å². The van der Waals surface area contributed by atoms with Crippen molar-refractivity contribution >= 4 is 172 Å². The molecule has 2 aromatic rings. The van der Waals surface area contributed by atoms with E-state index in [2.05, 4.69) is 142 Å². The first-order valence-electron chi connectivity index (χ1n) is 41.8. The van der Waals surface area contributed by atoms with Crippen LogP contribution in [-0.2, 0) is 102 Å². The highest BCUT2D eigenvalue weighted by Crippen LogP contribution is 2.20. The monoisotopic (exact) mass is 1940 g/mol. The van der Waals surface area contributed by atoms with Crippen LogP contribution >= 0.6 is 25.3 Å². The number of nitrogens with two attached hydrogens (primary N) is 5. The third-order valence-electron chi connectivity index (χ3n) is 19.3. The summed E-state index contributed by atoms with van der Waals surface area (Å²) < 4.78 is 0.